The second-order valence-corrected chi connectivity index (χ2v) is 11.3. The highest BCUT2D eigenvalue weighted by molar-refractivity contribution is 5.93. The third-order valence-electron chi connectivity index (χ3n) is 7.49. The van der Waals surface area contributed by atoms with Gasteiger partial charge in [0.05, 0.1) is 5.69 Å². The lowest BCUT2D eigenvalue weighted by atomic mass is 9.87. The van der Waals surface area contributed by atoms with Gasteiger partial charge in [-0.15, -0.1) is 0 Å². The molecule has 206 valence electrons. The Morgan fingerprint density at radius 2 is 2.03 bits per heavy atom. The normalized spacial score (nSPS) is 27.1. The van der Waals surface area contributed by atoms with Crippen molar-refractivity contribution in [3.05, 3.63) is 24.2 Å². The summed E-state index contributed by atoms with van der Waals surface area (Å²) in [6.07, 6.45) is 2.75. The predicted octanol–water partition coefficient (Wildman–Crippen LogP) is 1.39. The zero-order chi connectivity index (χ0) is 27.7. The molecule has 38 heavy (non-hydrogen) atoms. The van der Waals surface area contributed by atoms with Crippen LogP contribution in [0.15, 0.2) is 18.5 Å². The molecule has 0 bridgehead atoms. The average molecular weight is 529 g/mol. The van der Waals surface area contributed by atoms with Crippen LogP contribution in [0.25, 0.3) is 5.52 Å². The lowest BCUT2D eigenvalue weighted by Gasteiger charge is -2.26. The molecule has 2 fully saturated rings. The highest BCUT2D eigenvalue weighted by Gasteiger charge is 2.58. The molecular formula is C26H36N6O6. The van der Waals surface area contributed by atoms with Gasteiger partial charge in [0.2, 0.25) is 11.5 Å². The Bertz CT molecular complexity index is 1210. The number of anilines is 1. The fraction of sp³-hybridized carbons (Fsp3) is 0.654. The number of amides is 1. The number of nitrogens with one attached hydrogen (secondary N) is 1. The molecule has 3 heterocycles. The molecule has 4 rings (SSSR count). The number of esters is 1. The number of nitrogens with two attached hydrogens (primary N) is 1. The maximum Gasteiger partial charge on any atom is 0.323 e. The average Bonchev–Trinajstić information content (AvgIpc) is 3.43. The van der Waals surface area contributed by atoms with Crippen LogP contribution < -0.4 is 11.1 Å². The summed E-state index contributed by atoms with van der Waals surface area (Å²) < 4.78 is 12.5. The van der Waals surface area contributed by atoms with Gasteiger partial charge in [-0.25, -0.2) is 9.50 Å². The summed E-state index contributed by atoms with van der Waals surface area (Å²) in [7, 11) is 0. The number of carbonyl (C=O) groups is 2. The largest absolute Gasteiger partial charge is 0.462 e. The van der Waals surface area contributed by atoms with Crippen molar-refractivity contribution in [3.63, 3.8) is 0 Å². The third-order valence-corrected chi connectivity index (χ3v) is 7.49. The van der Waals surface area contributed by atoms with Gasteiger partial charge in [0.15, 0.2) is 5.82 Å². The smallest absolute Gasteiger partial charge is 0.323 e. The number of carbonyl (C=O) groups excluding carboxylic acids is 2. The lowest BCUT2D eigenvalue weighted by molar-refractivity contribution is -0.154. The summed E-state index contributed by atoms with van der Waals surface area (Å²) in [4.78, 5) is 29.2. The number of aromatic nitrogens is 3. The number of fused-ring (bicyclic) bond motifs is 1. The summed E-state index contributed by atoms with van der Waals surface area (Å²) in [5.41, 5.74) is 3.89. The van der Waals surface area contributed by atoms with Crippen LogP contribution in [-0.4, -0.2) is 67.6 Å². The molecule has 0 aromatic carbocycles. The first-order chi connectivity index (χ1) is 18.0. The van der Waals surface area contributed by atoms with Gasteiger partial charge < -0.3 is 30.7 Å². The van der Waals surface area contributed by atoms with E-state index in [-0.39, 0.29) is 17.4 Å². The van der Waals surface area contributed by atoms with Crippen molar-refractivity contribution >= 4 is 23.2 Å². The van der Waals surface area contributed by atoms with Crippen LogP contribution in [0.3, 0.4) is 0 Å². The SMILES string of the molecule is CC(C)(C)C(N)C(=O)OC[C@H]1O[C@@](C#N)(c2ccc3c(NC(=O)CC4CCCCC4)ncnn23)[C@H](O)[C@@H]1O. The molecule has 12 heteroatoms. The summed E-state index contributed by atoms with van der Waals surface area (Å²) in [5, 5.41) is 38.8. The fourth-order valence-electron chi connectivity index (χ4n) is 5.07. The number of hydrogen-bond donors (Lipinski definition) is 4. The maximum atomic E-state index is 12.7. The second-order valence-electron chi connectivity index (χ2n) is 11.3. The first kappa shape index (κ1) is 27.9. The Balaban J connectivity index is 1.53. The van der Waals surface area contributed by atoms with Crippen molar-refractivity contribution in [1.82, 2.24) is 14.6 Å². The van der Waals surface area contributed by atoms with Gasteiger partial charge in [0.1, 0.15) is 48.9 Å². The van der Waals surface area contributed by atoms with Crippen LogP contribution in [0.1, 0.15) is 65.0 Å². The molecule has 1 unspecified atom stereocenters. The number of aliphatic hydroxyl groups is 2. The second kappa shape index (κ2) is 10.9. The zero-order valence-electron chi connectivity index (χ0n) is 22.0. The van der Waals surface area contributed by atoms with Crippen LogP contribution in [0.2, 0.25) is 0 Å². The van der Waals surface area contributed by atoms with E-state index in [1.807, 2.05) is 6.07 Å². The van der Waals surface area contributed by atoms with Gasteiger partial charge in [0.25, 0.3) is 0 Å². The number of aliphatic hydroxyl groups excluding tert-OH is 2. The molecule has 5 atom stereocenters. The highest BCUT2D eigenvalue weighted by atomic mass is 16.6. The molecule has 1 aliphatic carbocycles. The first-order valence-corrected chi connectivity index (χ1v) is 13.0. The van der Waals surface area contributed by atoms with Crippen LogP contribution in [0.4, 0.5) is 5.82 Å². The van der Waals surface area contributed by atoms with Crippen LogP contribution in [0, 0.1) is 22.7 Å². The van der Waals surface area contributed by atoms with Crippen molar-refractivity contribution in [2.45, 2.75) is 89.3 Å². The number of nitrogens with zero attached hydrogens (tertiary/aromatic N) is 4. The van der Waals surface area contributed by atoms with Crippen molar-refractivity contribution < 1.29 is 29.3 Å². The van der Waals surface area contributed by atoms with E-state index in [1.54, 1.807) is 26.8 Å². The molecule has 1 saturated carbocycles. The van der Waals surface area contributed by atoms with Gasteiger partial charge in [-0.2, -0.15) is 10.4 Å². The van der Waals surface area contributed by atoms with Gasteiger partial charge >= 0.3 is 5.97 Å². The molecule has 2 aromatic heterocycles. The summed E-state index contributed by atoms with van der Waals surface area (Å²) in [6, 6.07) is 4.17. The molecule has 1 saturated heterocycles. The quantitative estimate of drug-likeness (QED) is 0.383. The molecule has 1 aliphatic heterocycles. The van der Waals surface area contributed by atoms with Crippen molar-refractivity contribution in [2.24, 2.45) is 17.1 Å². The standard InChI is InChI=1S/C26H36N6O6/c1-25(2,3)21(28)24(36)37-12-17-20(34)22(35)26(13-27,38-17)18-10-9-16-23(29-14-30-32(16)18)31-19(33)11-15-7-5-4-6-8-15/h9-10,14-15,17,20-22,34-35H,4-8,11-12,28H2,1-3H3,(H,29,30,31,33)/t17-,20-,21?,22-,26+/m1/s1. The van der Waals surface area contributed by atoms with Gasteiger partial charge in [-0.3, -0.25) is 9.59 Å². The predicted molar refractivity (Wildman–Crippen MR) is 135 cm³/mol. The van der Waals surface area contributed by atoms with Crippen molar-refractivity contribution in [2.75, 3.05) is 11.9 Å². The Hall–Kier alpha value is -3.11. The van der Waals surface area contributed by atoms with E-state index in [0.29, 0.717) is 17.9 Å². The summed E-state index contributed by atoms with van der Waals surface area (Å²) >= 11 is 0. The fourth-order valence-corrected chi connectivity index (χ4v) is 5.07. The van der Waals surface area contributed by atoms with E-state index in [1.165, 1.54) is 23.3 Å². The molecule has 0 radical (unpaired) electrons. The van der Waals surface area contributed by atoms with E-state index < -0.39 is 47.9 Å². The molecule has 1 amide bonds. The van der Waals surface area contributed by atoms with Crippen molar-refractivity contribution in [1.29, 1.82) is 5.26 Å². The molecule has 2 aromatic rings. The Kier molecular flexibility index (Phi) is 8.04. The molecule has 2 aliphatic rings. The van der Waals surface area contributed by atoms with Crippen molar-refractivity contribution in [3.8, 4) is 6.07 Å². The number of ether oxygens (including phenoxy) is 2. The van der Waals surface area contributed by atoms with E-state index in [0.717, 1.165) is 25.7 Å². The maximum absolute atomic E-state index is 12.7. The number of hydrogen-bond acceptors (Lipinski definition) is 10. The molecule has 12 nitrogen and oxygen atoms in total. The highest BCUT2D eigenvalue weighted by Crippen LogP contribution is 2.40. The minimum atomic E-state index is -2.02. The summed E-state index contributed by atoms with van der Waals surface area (Å²) in [6.45, 7) is 4.95. The van der Waals surface area contributed by atoms with E-state index in [4.69, 9.17) is 15.2 Å². The van der Waals surface area contributed by atoms with Gasteiger partial charge in [-0.1, -0.05) is 40.0 Å². The Labute approximate surface area is 221 Å². The minimum absolute atomic E-state index is 0.131. The monoisotopic (exact) mass is 528 g/mol. The minimum Gasteiger partial charge on any atom is -0.462 e. The molecule has 5 N–H and O–H groups in total. The first-order valence-electron chi connectivity index (χ1n) is 13.0. The van der Waals surface area contributed by atoms with E-state index in [2.05, 4.69) is 15.4 Å². The van der Waals surface area contributed by atoms with E-state index in [9.17, 15) is 25.1 Å². The third kappa shape index (κ3) is 5.37. The van der Waals surface area contributed by atoms with Gasteiger partial charge in [0, 0.05) is 6.42 Å². The van der Waals surface area contributed by atoms with Crippen LogP contribution in [0.5, 0.6) is 0 Å². The van der Waals surface area contributed by atoms with Crippen LogP contribution >= 0.6 is 0 Å². The zero-order valence-corrected chi connectivity index (χ0v) is 22.0. The molecular weight excluding hydrogens is 492 g/mol. The Morgan fingerprint density at radius 3 is 2.68 bits per heavy atom. The number of rotatable bonds is 7. The van der Waals surface area contributed by atoms with E-state index >= 15 is 0 Å². The Morgan fingerprint density at radius 1 is 1.32 bits per heavy atom. The van der Waals surface area contributed by atoms with Crippen LogP contribution in [-0.2, 0) is 24.7 Å². The lowest BCUT2D eigenvalue weighted by Crippen LogP contribution is -2.44. The van der Waals surface area contributed by atoms with Gasteiger partial charge in [-0.05, 0) is 36.3 Å². The summed E-state index contributed by atoms with van der Waals surface area (Å²) in [5.74, 6) is -0.238. The topological polar surface area (TPSA) is 185 Å². The number of nitriles is 1. The molecule has 0 spiro atoms.